The number of methoxy groups -OCH3 is 2. The zero-order valence-electron chi connectivity index (χ0n) is 18.4. The van der Waals surface area contributed by atoms with Crippen LogP contribution in [0.4, 0.5) is 0 Å². The molecule has 0 aliphatic heterocycles. The van der Waals surface area contributed by atoms with Gasteiger partial charge in [-0.05, 0) is 24.0 Å². The van der Waals surface area contributed by atoms with Gasteiger partial charge < -0.3 is 18.9 Å². The molecule has 0 saturated carbocycles. The Morgan fingerprint density at radius 1 is 0.607 bits per heavy atom. The summed E-state index contributed by atoms with van der Waals surface area (Å²) in [6.45, 7) is 9.26. The van der Waals surface area contributed by atoms with Crippen LogP contribution >= 0.6 is 0 Å². The third-order valence-corrected chi connectivity index (χ3v) is 3.75. The Morgan fingerprint density at radius 3 is 1.21 bits per heavy atom. The van der Waals surface area contributed by atoms with E-state index in [1.807, 2.05) is 57.2 Å². The maximum absolute atomic E-state index is 5.78. The fourth-order valence-electron chi connectivity index (χ4n) is 2.24. The maximum Gasteiger partial charge on any atom is 0.158 e. The van der Waals surface area contributed by atoms with E-state index in [1.165, 1.54) is 11.1 Å². The van der Waals surface area contributed by atoms with Crippen LogP contribution in [0.15, 0.2) is 60.7 Å². The zero-order chi connectivity index (χ0) is 21.0. The molecule has 2 aromatic carbocycles. The summed E-state index contributed by atoms with van der Waals surface area (Å²) in [6, 6.07) is 20.3. The molecule has 0 aromatic heterocycles. The first kappa shape index (κ1) is 26.3. The van der Waals surface area contributed by atoms with Gasteiger partial charge in [0.25, 0.3) is 0 Å². The molecule has 158 valence electrons. The van der Waals surface area contributed by atoms with Crippen LogP contribution in [0.5, 0.6) is 0 Å². The van der Waals surface area contributed by atoms with Crippen LogP contribution in [-0.4, -0.2) is 26.8 Å². The van der Waals surface area contributed by atoms with Crippen molar-refractivity contribution in [2.75, 3.05) is 14.2 Å². The van der Waals surface area contributed by atoms with Gasteiger partial charge in [0.2, 0.25) is 0 Å². The quantitative estimate of drug-likeness (QED) is 0.453. The number of rotatable bonds is 10. The number of ether oxygens (including phenoxy) is 4. The van der Waals surface area contributed by atoms with Crippen LogP contribution in [-0.2, 0) is 32.2 Å². The van der Waals surface area contributed by atoms with Crippen molar-refractivity contribution >= 4 is 0 Å². The van der Waals surface area contributed by atoms with E-state index in [2.05, 4.69) is 31.2 Å². The summed E-state index contributed by atoms with van der Waals surface area (Å²) in [5.74, 6) is 0. The molecular formula is C24H38O4. The van der Waals surface area contributed by atoms with Crippen molar-refractivity contribution in [2.24, 2.45) is 0 Å². The standard InChI is InChI=1S/C17H20O2.C5H12O2.C2H6/c1-2-17(18-13-15-9-5-3-6-10-15)19-14-16-11-7-4-8-12-16;1-4-5(6-2)7-3;1-2/h3-12,17H,2,13-14H2,1H3;5H,4H2,1-3H3;1-2H3. The minimum Gasteiger partial charge on any atom is -0.356 e. The normalized spacial score (nSPS) is 10.1. The smallest absolute Gasteiger partial charge is 0.158 e. The topological polar surface area (TPSA) is 36.9 Å². The van der Waals surface area contributed by atoms with E-state index in [-0.39, 0.29) is 12.6 Å². The average Bonchev–Trinajstić information content (AvgIpc) is 2.78. The Morgan fingerprint density at radius 2 is 0.964 bits per heavy atom. The fourth-order valence-corrected chi connectivity index (χ4v) is 2.24. The molecule has 0 aliphatic carbocycles. The lowest BCUT2D eigenvalue weighted by Gasteiger charge is -2.17. The summed E-state index contributed by atoms with van der Waals surface area (Å²) in [6.07, 6.45) is 1.59. The molecular weight excluding hydrogens is 352 g/mol. The van der Waals surface area contributed by atoms with E-state index < -0.39 is 0 Å². The summed E-state index contributed by atoms with van der Waals surface area (Å²) in [5.41, 5.74) is 2.34. The molecule has 0 amide bonds. The fraction of sp³-hybridized carbons (Fsp3) is 0.500. The number of hydrogen-bond acceptors (Lipinski definition) is 4. The third kappa shape index (κ3) is 12.6. The number of hydrogen-bond donors (Lipinski definition) is 0. The lowest BCUT2D eigenvalue weighted by atomic mass is 10.2. The zero-order valence-corrected chi connectivity index (χ0v) is 18.4. The Bertz CT molecular complexity index is 492. The highest BCUT2D eigenvalue weighted by molar-refractivity contribution is 5.14. The molecule has 2 aromatic rings. The van der Waals surface area contributed by atoms with E-state index in [9.17, 15) is 0 Å². The van der Waals surface area contributed by atoms with E-state index in [0.717, 1.165) is 12.8 Å². The first-order chi connectivity index (χ1) is 13.7. The Labute approximate surface area is 171 Å². The van der Waals surface area contributed by atoms with Crippen LogP contribution < -0.4 is 0 Å². The van der Waals surface area contributed by atoms with Crippen molar-refractivity contribution < 1.29 is 18.9 Å². The molecule has 0 unspecified atom stereocenters. The van der Waals surface area contributed by atoms with E-state index >= 15 is 0 Å². The van der Waals surface area contributed by atoms with Crippen LogP contribution in [0, 0.1) is 0 Å². The Hall–Kier alpha value is -1.72. The van der Waals surface area contributed by atoms with E-state index in [0.29, 0.717) is 13.2 Å². The lowest BCUT2D eigenvalue weighted by Crippen LogP contribution is -2.16. The molecule has 0 heterocycles. The summed E-state index contributed by atoms with van der Waals surface area (Å²) in [5, 5.41) is 0. The second kappa shape index (κ2) is 18.6. The Balaban J connectivity index is 0.000000688. The van der Waals surface area contributed by atoms with Crippen molar-refractivity contribution in [3.05, 3.63) is 71.8 Å². The van der Waals surface area contributed by atoms with Gasteiger partial charge in [-0.1, -0.05) is 88.4 Å². The highest BCUT2D eigenvalue weighted by atomic mass is 16.7. The summed E-state index contributed by atoms with van der Waals surface area (Å²) in [7, 11) is 3.27. The van der Waals surface area contributed by atoms with Crippen molar-refractivity contribution in [1.82, 2.24) is 0 Å². The number of benzene rings is 2. The molecule has 0 N–H and O–H groups in total. The van der Waals surface area contributed by atoms with Gasteiger partial charge in [-0.25, -0.2) is 0 Å². The monoisotopic (exact) mass is 390 g/mol. The average molecular weight is 391 g/mol. The molecule has 4 nitrogen and oxygen atoms in total. The molecule has 0 spiro atoms. The van der Waals surface area contributed by atoms with Gasteiger partial charge >= 0.3 is 0 Å². The van der Waals surface area contributed by atoms with Crippen molar-refractivity contribution in [3.63, 3.8) is 0 Å². The van der Waals surface area contributed by atoms with E-state index in [4.69, 9.17) is 18.9 Å². The van der Waals surface area contributed by atoms with Gasteiger partial charge in [0.1, 0.15) is 0 Å². The second-order valence-corrected chi connectivity index (χ2v) is 5.74. The first-order valence-electron chi connectivity index (χ1n) is 10.1. The molecule has 0 aliphatic rings. The molecule has 0 bridgehead atoms. The molecule has 0 saturated heterocycles. The van der Waals surface area contributed by atoms with Gasteiger partial charge in [-0.15, -0.1) is 0 Å². The van der Waals surface area contributed by atoms with Crippen LogP contribution in [0.1, 0.15) is 51.7 Å². The molecule has 4 heteroatoms. The van der Waals surface area contributed by atoms with Gasteiger partial charge in [-0.3, -0.25) is 0 Å². The minimum atomic E-state index is -0.152. The first-order valence-corrected chi connectivity index (χ1v) is 10.1. The largest absolute Gasteiger partial charge is 0.356 e. The van der Waals surface area contributed by atoms with Gasteiger partial charge in [0.05, 0.1) is 13.2 Å². The predicted octanol–water partition coefficient (Wildman–Crippen LogP) is 6.20. The summed E-state index contributed by atoms with van der Waals surface area (Å²) < 4.78 is 21.2. The summed E-state index contributed by atoms with van der Waals surface area (Å²) >= 11 is 0. The van der Waals surface area contributed by atoms with Gasteiger partial charge in [0, 0.05) is 14.2 Å². The highest BCUT2D eigenvalue weighted by Gasteiger charge is 2.07. The predicted molar refractivity (Wildman–Crippen MR) is 116 cm³/mol. The maximum atomic E-state index is 5.78. The second-order valence-electron chi connectivity index (χ2n) is 5.74. The molecule has 28 heavy (non-hydrogen) atoms. The van der Waals surface area contributed by atoms with E-state index in [1.54, 1.807) is 14.2 Å². The van der Waals surface area contributed by atoms with Gasteiger partial charge in [-0.2, -0.15) is 0 Å². The highest BCUT2D eigenvalue weighted by Crippen LogP contribution is 2.10. The van der Waals surface area contributed by atoms with Crippen LogP contribution in [0.25, 0.3) is 0 Å². The molecule has 0 radical (unpaired) electrons. The van der Waals surface area contributed by atoms with Gasteiger partial charge in [0.15, 0.2) is 12.6 Å². The molecule has 2 rings (SSSR count). The van der Waals surface area contributed by atoms with Crippen molar-refractivity contribution in [3.8, 4) is 0 Å². The Kier molecular flexibility index (Phi) is 17.5. The van der Waals surface area contributed by atoms with Crippen LogP contribution in [0.2, 0.25) is 0 Å². The van der Waals surface area contributed by atoms with Crippen molar-refractivity contribution in [1.29, 1.82) is 0 Å². The third-order valence-electron chi connectivity index (χ3n) is 3.75. The summed E-state index contributed by atoms with van der Waals surface area (Å²) in [4.78, 5) is 0. The SMILES string of the molecule is CC.CCC(OC)OC.CCC(OCc1ccccc1)OCc1ccccc1. The minimum absolute atomic E-state index is 0.0139. The van der Waals surface area contributed by atoms with Crippen LogP contribution in [0.3, 0.4) is 0 Å². The molecule has 0 fully saturated rings. The van der Waals surface area contributed by atoms with Crippen molar-refractivity contribution in [2.45, 2.75) is 66.3 Å². The lowest BCUT2D eigenvalue weighted by molar-refractivity contribution is -0.157. The molecule has 0 atom stereocenters.